The number of ketones is 2. The molecule has 30 heavy (non-hydrogen) atoms. The molecule has 0 bridgehead atoms. The van der Waals surface area contributed by atoms with Gasteiger partial charge >= 0.3 is 176 Å². The average Bonchev–Trinajstić information content (AvgIpc) is 3.08. The van der Waals surface area contributed by atoms with Gasteiger partial charge < -0.3 is 0 Å². The number of benzene rings is 3. The zero-order valence-electron chi connectivity index (χ0n) is 17.3. The van der Waals surface area contributed by atoms with Gasteiger partial charge in [-0.25, -0.2) is 0 Å². The van der Waals surface area contributed by atoms with Crippen LogP contribution in [-0.2, 0) is 14.2 Å². The summed E-state index contributed by atoms with van der Waals surface area (Å²) in [7, 11) is 0. The number of hydrogen-bond donors (Lipinski definition) is 0. The summed E-state index contributed by atoms with van der Waals surface area (Å²) in [5.74, 6) is -0.412. The molecule has 3 aromatic rings. The van der Waals surface area contributed by atoms with Crippen LogP contribution in [0.25, 0.3) is 0 Å². The van der Waals surface area contributed by atoms with Gasteiger partial charge in [0, 0.05) is 0 Å². The first-order valence-electron chi connectivity index (χ1n) is 9.87. The van der Waals surface area contributed by atoms with E-state index in [9.17, 15) is 9.59 Å². The van der Waals surface area contributed by atoms with Crippen molar-refractivity contribution in [2.24, 2.45) is 5.16 Å². The predicted molar refractivity (Wildman–Crippen MR) is 123 cm³/mol. The Morgan fingerprint density at radius 1 is 0.733 bits per heavy atom. The molecule has 0 radical (unpaired) electrons. The second kappa shape index (κ2) is 7.00. The number of carbonyl (C=O) groups is 2. The van der Waals surface area contributed by atoms with Crippen molar-refractivity contribution in [3.05, 3.63) is 91.0 Å². The van der Waals surface area contributed by atoms with E-state index >= 15 is 0 Å². The number of hydrogen-bond acceptors (Lipinski definition) is 4. The van der Waals surface area contributed by atoms with E-state index in [1.807, 2.05) is 97.9 Å². The van der Waals surface area contributed by atoms with E-state index in [-0.39, 0.29) is 17.3 Å². The maximum atomic E-state index is 13.5. The van der Waals surface area contributed by atoms with Crippen molar-refractivity contribution in [3.8, 4) is 0 Å². The van der Waals surface area contributed by atoms with E-state index in [1.54, 1.807) is 0 Å². The van der Waals surface area contributed by atoms with Gasteiger partial charge in [-0.2, -0.15) is 0 Å². The second-order valence-electron chi connectivity index (χ2n) is 7.75. The fourth-order valence-corrected chi connectivity index (χ4v) is 11.4. The molecule has 4 nitrogen and oxygen atoms in total. The van der Waals surface area contributed by atoms with Gasteiger partial charge in [0.15, 0.2) is 0 Å². The fourth-order valence-electron chi connectivity index (χ4n) is 4.87. The van der Waals surface area contributed by atoms with Crippen LogP contribution in [0.1, 0.15) is 20.8 Å². The molecule has 0 N–H and O–H groups in total. The van der Waals surface area contributed by atoms with E-state index in [0.29, 0.717) is 0 Å². The number of Topliss-reactive ketones (excluding diaryl/α,β-unsaturated/α-hetero) is 2. The van der Waals surface area contributed by atoms with Crippen molar-refractivity contribution < 1.29 is 14.2 Å². The summed E-state index contributed by atoms with van der Waals surface area (Å²) in [6.45, 7) is 0.748. The molecular weight excluding hydrogens is 393 g/mol. The monoisotopic (exact) mass is 417 g/mol. The summed E-state index contributed by atoms with van der Waals surface area (Å²) in [5.41, 5.74) is 0.171. The topological polar surface area (TPSA) is 55.7 Å². The zero-order chi connectivity index (χ0) is 21.4. The first-order valence-corrected chi connectivity index (χ1v) is 12.0. The third kappa shape index (κ3) is 2.23. The van der Waals surface area contributed by atoms with Crippen molar-refractivity contribution in [2.75, 3.05) is 0 Å². The number of rotatable bonds is 5. The number of oxime groups is 1. The normalized spacial score (nSPS) is 22.8. The fraction of sp³-hybridized carbons (Fsp3) is 0.160. The minimum atomic E-state index is -4.06. The van der Waals surface area contributed by atoms with Gasteiger partial charge in [0.1, 0.15) is 0 Å². The van der Waals surface area contributed by atoms with Crippen LogP contribution in [-0.4, -0.2) is 22.4 Å². The van der Waals surface area contributed by atoms with Crippen LogP contribution >= 0.6 is 6.83 Å². The predicted octanol–water partition coefficient (Wildman–Crippen LogP) is 3.75. The van der Waals surface area contributed by atoms with Crippen LogP contribution in [0.15, 0.2) is 96.2 Å². The Kier molecular flexibility index (Phi) is 4.71. The molecule has 152 valence electrons. The van der Waals surface area contributed by atoms with Gasteiger partial charge in [0.25, 0.3) is 0 Å². The molecule has 0 spiro atoms. The molecule has 5 heteroatoms. The van der Waals surface area contributed by atoms with Gasteiger partial charge in [-0.1, -0.05) is 0 Å². The molecule has 1 aliphatic rings. The zero-order valence-corrected chi connectivity index (χ0v) is 18.2. The molecule has 0 amide bonds. The SMILES string of the molecule is CC(=O)C1=NOP(c2ccccc2)(c2ccccc2)(c2ccccc2)C1(C)C(C)=O. The summed E-state index contributed by atoms with van der Waals surface area (Å²) in [5, 5.41) is 5.67. The van der Waals surface area contributed by atoms with E-state index in [2.05, 4.69) is 5.16 Å². The Balaban J connectivity index is 2.31. The van der Waals surface area contributed by atoms with Crippen molar-refractivity contribution in [3.63, 3.8) is 0 Å². The summed E-state index contributed by atoms with van der Waals surface area (Å²) < 4.78 is 6.61. The van der Waals surface area contributed by atoms with Crippen LogP contribution in [0.4, 0.5) is 0 Å². The second-order valence-corrected chi connectivity index (χ2v) is 12.4. The van der Waals surface area contributed by atoms with E-state index < -0.39 is 12.0 Å². The standard InChI is InChI=1S/C25H24NO3P/c1-19(27)24-25(3,20(2)28)30(29-26-24,21-13-7-4-8-14-21,22-15-9-5-10-16-22)23-17-11-6-12-18-23/h4-18H,1-3H3. The van der Waals surface area contributed by atoms with Crippen LogP contribution in [0.5, 0.6) is 0 Å². The summed E-state index contributed by atoms with van der Waals surface area (Å²) in [6, 6.07) is 29.3. The van der Waals surface area contributed by atoms with Crippen molar-refractivity contribution in [2.45, 2.75) is 25.9 Å². The molecule has 1 atom stereocenters. The molecule has 0 fully saturated rings. The Labute approximate surface area is 176 Å². The molecule has 0 saturated carbocycles. The number of carbonyl (C=O) groups excluding carboxylic acids is 2. The van der Waals surface area contributed by atoms with Crippen LogP contribution in [0.3, 0.4) is 0 Å². The Morgan fingerprint density at radius 3 is 1.40 bits per heavy atom. The van der Waals surface area contributed by atoms with E-state index in [0.717, 1.165) is 15.9 Å². The van der Waals surface area contributed by atoms with Gasteiger partial charge in [-0.3, -0.25) is 0 Å². The van der Waals surface area contributed by atoms with E-state index in [4.69, 9.17) is 4.62 Å². The summed E-state index contributed by atoms with van der Waals surface area (Å²) in [6.07, 6.45) is 0. The average molecular weight is 417 g/mol. The quantitative estimate of drug-likeness (QED) is 0.594. The van der Waals surface area contributed by atoms with Gasteiger partial charge in [0.05, 0.1) is 0 Å². The Hall–Kier alpha value is -3.10. The van der Waals surface area contributed by atoms with Gasteiger partial charge in [-0.15, -0.1) is 0 Å². The molecule has 3 aromatic carbocycles. The van der Waals surface area contributed by atoms with E-state index in [1.165, 1.54) is 13.8 Å². The van der Waals surface area contributed by atoms with Crippen LogP contribution in [0.2, 0.25) is 0 Å². The Morgan fingerprint density at radius 2 is 1.10 bits per heavy atom. The molecule has 0 aliphatic carbocycles. The van der Waals surface area contributed by atoms with Gasteiger partial charge in [0.2, 0.25) is 0 Å². The molecular formula is C25H24NO3P. The van der Waals surface area contributed by atoms with Gasteiger partial charge in [-0.05, 0) is 0 Å². The molecule has 0 aromatic heterocycles. The molecule has 1 unspecified atom stereocenters. The number of nitrogens with zero attached hydrogens (tertiary/aromatic N) is 1. The van der Waals surface area contributed by atoms with Crippen molar-refractivity contribution in [1.29, 1.82) is 0 Å². The summed E-state index contributed by atoms with van der Waals surface area (Å²) in [4.78, 5) is 26.3. The third-order valence-electron chi connectivity index (χ3n) is 6.38. The van der Waals surface area contributed by atoms with Crippen LogP contribution in [0, 0.1) is 0 Å². The first-order chi connectivity index (χ1) is 14.4. The molecule has 1 heterocycles. The van der Waals surface area contributed by atoms with Crippen molar-refractivity contribution in [1.82, 2.24) is 0 Å². The molecule has 4 rings (SSSR count). The third-order valence-corrected chi connectivity index (χ3v) is 12.9. The van der Waals surface area contributed by atoms with Crippen molar-refractivity contribution >= 4 is 40.0 Å². The Bertz CT molecular complexity index is 1040. The maximum absolute atomic E-state index is 13.5. The minimum absolute atomic E-state index is 0.150. The first kappa shape index (κ1) is 20.2. The molecule has 0 saturated heterocycles. The van der Waals surface area contributed by atoms with Crippen LogP contribution < -0.4 is 15.9 Å². The molecule has 1 aliphatic heterocycles. The summed E-state index contributed by atoms with van der Waals surface area (Å²) >= 11 is 0.